The van der Waals surface area contributed by atoms with Crippen molar-refractivity contribution in [1.29, 1.82) is 0 Å². The number of nitrogens with zero attached hydrogens (tertiary/aromatic N) is 3. The molecule has 1 N–H and O–H groups in total. The number of aromatic amines is 1. The lowest BCUT2D eigenvalue weighted by Crippen LogP contribution is -2.50. The van der Waals surface area contributed by atoms with Gasteiger partial charge in [-0.15, -0.1) is 0 Å². The van der Waals surface area contributed by atoms with E-state index in [1.165, 1.54) is 10.5 Å². The number of alkyl halides is 1. The second kappa shape index (κ2) is 7.85. The van der Waals surface area contributed by atoms with Crippen molar-refractivity contribution in [2.45, 2.75) is 51.7 Å². The van der Waals surface area contributed by atoms with E-state index >= 15 is 0 Å². The lowest BCUT2D eigenvalue weighted by atomic mass is 9.95. The number of H-pyrrole nitrogens is 1. The van der Waals surface area contributed by atoms with Crippen LogP contribution in [0.15, 0.2) is 30.5 Å². The van der Waals surface area contributed by atoms with Crippen LogP contribution in [0.2, 0.25) is 0 Å². The van der Waals surface area contributed by atoms with E-state index in [4.69, 9.17) is 4.98 Å². The number of nitrogens with one attached hydrogen (secondary N) is 1. The third-order valence-electron chi connectivity index (χ3n) is 6.31. The average molecular weight is 413 g/mol. The largest absolute Gasteiger partial charge is 0.346 e. The van der Waals surface area contributed by atoms with E-state index in [1.54, 1.807) is 11.8 Å². The molecule has 0 aliphatic carbocycles. The molecule has 30 heavy (non-hydrogen) atoms. The smallest absolute Gasteiger partial charge is 0.312 e. The molecule has 2 atom stereocenters. The van der Waals surface area contributed by atoms with Gasteiger partial charge in [-0.25, -0.2) is 9.37 Å². The van der Waals surface area contributed by atoms with E-state index in [2.05, 4.69) is 11.9 Å². The number of piperidine rings is 1. The zero-order chi connectivity index (χ0) is 21.5. The van der Waals surface area contributed by atoms with Gasteiger partial charge in [-0.1, -0.05) is 36.8 Å². The highest BCUT2D eigenvalue weighted by Gasteiger charge is 2.41. The third kappa shape index (κ3) is 4.11. The summed E-state index contributed by atoms with van der Waals surface area (Å²) in [5, 5.41) is 0. The van der Waals surface area contributed by atoms with Gasteiger partial charge in [-0.05, 0) is 39.0 Å². The second-order valence-electron chi connectivity index (χ2n) is 9.06. The van der Waals surface area contributed by atoms with Crippen LogP contribution in [0.4, 0.5) is 4.39 Å². The van der Waals surface area contributed by atoms with E-state index in [0.717, 1.165) is 17.7 Å². The summed E-state index contributed by atoms with van der Waals surface area (Å²) < 4.78 is 14.1. The van der Waals surface area contributed by atoms with Crippen LogP contribution in [0, 0.1) is 12.8 Å². The maximum atomic E-state index is 14.1. The molecule has 2 aliphatic heterocycles. The Balaban J connectivity index is 1.50. The van der Waals surface area contributed by atoms with Gasteiger partial charge in [0.2, 0.25) is 0 Å². The standard InChI is InChI=1S/C23H29FN4O2/c1-15-4-6-17(7-5-15)18-13-25-20(26-18)19-12-16(2)14-28(19)22(30)21(29)27-10-8-23(3,24)9-11-27/h4-7,13,16,19H,8-12,14H2,1-3H3,(H,25,26)/t16-,19-/m0/s1. The number of amides is 2. The van der Waals surface area contributed by atoms with Crippen molar-refractivity contribution < 1.29 is 14.0 Å². The van der Waals surface area contributed by atoms with Crippen LogP contribution < -0.4 is 0 Å². The van der Waals surface area contributed by atoms with E-state index in [-0.39, 0.29) is 37.9 Å². The van der Waals surface area contributed by atoms with Gasteiger partial charge in [0.05, 0.1) is 11.7 Å². The molecule has 0 radical (unpaired) electrons. The minimum absolute atomic E-state index is 0.258. The molecule has 6 nitrogen and oxygen atoms in total. The monoisotopic (exact) mass is 412 g/mol. The summed E-state index contributed by atoms with van der Waals surface area (Å²) in [6, 6.07) is 7.86. The fourth-order valence-electron chi connectivity index (χ4n) is 4.34. The molecule has 1 aromatic heterocycles. The van der Waals surface area contributed by atoms with Gasteiger partial charge < -0.3 is 14.8 Å². The summed E-state index contributed by atoms with van der Waals surface area (Å²) in [5.41, 5.74) is 1.75. The number of halogens is 1. The number of aromatic nitrogens is 2. The highest BCUT2D eigenvalue weighted by Crippen LogP contribution is 2.35. The predicted octanol–water partition coefficient (Wildman–Crippen LogP) is 3.65. The summed E-state index contributed by atoms with van der Waals surface area (Å²) in [7, 11) is 0. The fourth-order valence-corrected chi connectivity index (χ4v) is 4.34. The molecule has 4 rings (SSSR count). The number of hydrogen-bond acceptors (Lipinski definition) is 3. The molecule has 0 bridgehead atoms. The van der Waals surface area contributed by atoms with Crippen molar-refractivity contribution in [2.75, 3.05) is 19.6 Å². The lowest BCUT2D eigenvalue weighted by molar-refractivity contribution is -0.154. The number of aryl methyl sites for hydroxylation is 1. The Morgan fingerprint density at radius 1 is 1.17 bits per heavy atom. The first kappa shape index (κ1) is 20.6. The first-order chi connectivity index (χ1) is 14.2. The second-order valence-corrected chi connectivity index (χ2v) is 9.06. The van der Waals surface area contributed by atoms with E-state index < -0.39 is 17.5 Å². The zero-order valence-corrected chi connectivity index (χ0v) is 17.8. The molecule has 3 heterocycles. The van der Waals surface area contributed by atoms with Gasteiger partial charge in [-0.3, -0.25) is 9.59 Å². The number of benzene rings is 1. The molecule has 0 unspecified atom stereocenters. The number of hydrogen-bond donors (Lipinski definition) is 1. The minimum Gasteiger partial charge on any atom is -0.346 e. The van der Waals surface area contributed by atoms with Crippen molar-refractivity contribution in [2.24, 2.45) is 5.92 Å². The van der Waals surface area contributed by atoms with Gasteiger partial charge in [0.25, 0.3) is 0 Å². The average Bonchev–Trinajstić information content (AvgIpc) is 3.34. The molecule has 2 saturated heterocycles. The van der Waals surface area contributed by atoms with Gasteiger partial charge in [-0.2, -0.15) is 0 Å². The summed E-state index contributed by atoms with van der Waals surface area (Å²) in [4.78, 5) is 36.9. The quantitative estimate of drug-likeness (QED) is 0.766. The van der Waals surface area contributed by atoms with Crippen LogP contribution in [0.5, 0.6) is 0 Å². The molecule has 1 aromatic carbocycles. The van der Waals surface area contributed by atoms with Crippen molar-refractivity contribution in [3.05, 3.63) is 41.9 Å². The molecule has 0 spiro atoms. The molecule has 7 heteroatoms. The van der Waals surface area contributed by atoms with Crippen molar-refractivity contribution in [1.82, 2.24) is 19.8 Å². The topological polar surface area (TPSA) is 69.3 Å². The maximum Gasteiger partial charge on any atom is 0.312 e. The number of carbonyl (C=O) groups is 2. The van der Waals surface area contributed by atoms with Crippen molar-refractivity contribution >= 4 is 11.8 Å². The zero-order valence-electron chi connectivity index (χ0n) is 17.8. The SMILES string of the molecule is Cc1ccc(-c2c[nH]c([C@@H]3C[C@H](C)CN3C(=O)C(=O)N3CCC(C)(F)CC3)n2)cc1. The summed E-state index contributed by atoms with van der Waals surface area (Å²) in [6.07, 6.45) is 3.14. The molecule has 2 aliphatic rings. The molecule has 0 saturated carbocycles. The number of imidazole rings is 1. The summed E-state index contributed by atoms with van der Waals surface area (Å²) >= 11 is 0. The number of likely N-dealkylation sites (tertiary alicyclic amines) is 2. The van der Waals surface area contributed by atoms with E-state index in [1.807, 2.05) is 37.4 Å². The molecular formula is C23H29FN4O2. The first-order valence-corrected chi connectivity index (χ1v) is 10.6. The number of carbonyl (C=O) groups excluding carboxylic acids is 2. The van der Waals surface area contributed by atoms with Gasteiger partial charge in [0.1, 0.15) is 11.5 Å². The third-order valence-corrected chi connectivity index (χ3v) is 6.31. The van der Waals surface area contributed by atoms with Gasteiger partial charge in [0, 0.05) is 31.4 Å². The maximum absolute atomic E-state index is 14.1. The van der Waals surface area contributed by atoms with Crippen molar-refractivity contribution in [3.63, 3.8) is 0 Å². The Hall–Kier alpha value is -2.70. The predicted molar refractivity (Wildman–Crippen MR) is 112 cm³/mol. The molecule has 2 aromatic rings. The van der Waals surface area contributed by atoms with Crippen LogP contribution in [0.3, 0.4) is 0 Å². The molecular weight excluding hydrogens is 383 g/mol. The summed E-state index contributed by atoms with van der Waals surface area (Å²) in [5.74, 6) is -0.0729. The van der Waals surface area contributed by atoms with Crippen molar-refractivity contribution in [3.8, 4) is 11.3 Å². The van der Waals surface area contributed by atoms with E-state index in [9.17, 15) is 14.0 Å². The van der Waals surface area contributed by atoms with Crippen LogP contribution >= 0.6 is 0 Å². The molecule has 2 amide bonds. The Labute approximate surface area is 176 Å². The highest BCUT2D eigenvalue weighted by atomic mass is 19.1. The highest BCUT2D eigenvalue weighted by molar-refractivity contribution is 6.35. The number of rotatable bonds is 2. The Kier molecular flexibility index (Phi) is 5.38. The minimum atomic E-state index is -1.26. The lowest BCUT2D eigenvalue weighted by Gasteiger charge is -2.35. The normalized spacial score (nSPS) is 23.6. The Morgan fingerprint density at radius 3 is 2.50 bits per heavy atom. The summed E-state index contributed by atoms with van der Waals surface area (Å²) in [6.45, 7) is 6.75. The Bertz CT molecular complexity index is 927. The van der Waals surface area contributed by atoms with Gasteiger partial charge >= 0.3 is 11.8 Å². The molecule has 2 fully saturated rings. The molecule has 160 valence electrons. The Morgan fingerprint density at radius 2 is 1.83 bits per heavy atom. The van der Waals surface area contributed by atoms with E-state index in [0.29, 0.717) is 12.4 Å². The first-order valence-electron chi connectivity index (χ1n) is 10.6. The van der Waals surface area contributed by atoms with Crippen LogP contribution in [-0.4, -0.2) is 56.9 Å². The van der Waals surface area contributed by atoms with Crippen LogP contribution in [-0.2, 0) is 9.59 Å². The van der Waals surface area contributed by atoms with Gasteiger partial charge in [0.15, 0.2) is 0 Å². The fraction of sp³-hybridized carbons (Fsp3) is 0.522. The van der Waals surface area contributed by atoms with Crippen LogP contribution in [0.1, 0.15) is 50.5 Å². The van der Waals surface area contributed by atoms with Crippen LogP contribution in [0.25, 0.3) is 11.3 Å².